The van der Waals surface area contributed by atoms with Crippen molar-refractivity contribution in [2.75, 3.05) is 0 Å². The number of allylic oxidation sites excluding steroid dienone is 2. The normalized spacial score (nSPS) is 28.5. The molecule has 3 rings (SSSR count). The molecule has 0 radical (unpaired) electrons. The second kappa shape index (κ2) is 9.68. The first-order valence-electron chi connectivity index (χ1n) is 10.6. The molecule has 1 fully saturated rings. The van der Waals surface area contributed by atoms with E-state index in [4.69, 9.17) is 5.73 Å². The van der Waals surface area contributed by atoms with Gasteiger partial charge in [0, 0.05) is 12.5 Å². The predicted octanol–water partition coefficient (Wildman–Crippen LogP) is 4.13. The lowest BCUT2D eigenvalue weighted by Crippen LogP contribution is -2.18. The highest BCUT2D eigenvalue weighted by Gasteiger charge is 2.43. The van der Waals surface area contributed by atoms with E-state index in [1.165, 1.54) is 29.5 Å². The van der Waals surface area contributed by atoms with E-state index in [2.05, 4.69) is 37.3 Å². The van der Waals surface area contributed by atoms with E-state index in [0.29, 0.717) is 18.4 Å². The topological polar surface area (TPSA) is 66.5 Å². The van der Waals surface area contributed by atoms with Crippen LogP contribution < -0.4 is 5.73 Å². The second-order valence-electron chi connectivity index (χ2n) is 8.33. The Bertz CT molecular complexity index is 666. The van der Waals surface area contributed by atoms with Crippen molar-refractivity contribution < 1.29 is 10.2 Å². The van der Waals surface area contributed by atoms with Gasteiger partial charge < -0.3 is 15.9 Å². The van der Waals surface area contributed by atoms with Crippen LogP contribution in [-0.4, -0.2) is 22.4 Å². The standard InChI is InChI=1S/C24H35NO2/c1-2-3-4-9-21(26)10-11-22-23-14-17(13-20(23)15-24(22)27)12-18-7-5-6-8-19(18)16-25/h5-8,10-11,13,20-24,26-27H,2-4,9,12,14-16,25H2,1H3/t20-,21-,22+,23-,24+/m0/s1. The fourth-order valence-corrected chi connectivity index (χ4v) is 4.87. The van der Waals surface area contributed by atoms with Crippen LogP contribution in [0.1, 0.15) is 56.6 Å². The monoisotopic (exact) mass is 369 g/mol. The molecule has 3 nitrogen and oxygen atoms in total. The maximum atomic E-state index is 10.5. The number of aliphatic hydroxyl groups excluding tert-OH is 2. The van der Waals surface area contributed by atoms with Crippen LogP contribution >= 0.6 is 0 Å². The number of fused-ring (bicyclic) bond motifs is 1. The van der Waals surface area contributed by atoms with Crippen molar-refractivity contribution in [1.82, 2.24) is 0 Å². The maximum absolute atomic E-state index is 10.5. The first-order chi connectivity index (χ1) is 13.1. The summed E-state index contributed by atoms with van der Waals surface area (Å²) >= 11 is 0. The molecule has 148 valence electrons. The molecule has 1 aromatic rings. The predicted molar refractivity (Wildman–Crippen MR) is 111 cm³/mol. The molecule has 0 aliphatic heterocycles. The summed E-state index contributed by atoms with van der Waals surface area (Å²) in [4.78, 5) is 0. The van der Waals surface area contributed by atoms with E-state index in [9.17, 15) is 10.2 Å². The molecule has 0 aromatic heterocycles. The Hall–Kier alpha value is -1.42. The Morgan fingerprint density at radius 3 is 2.74 bits per heavy atom. The van der Waals surface area contributed by atoms with Gasteiger partial charge in [0.25, 0.3) is 0 Å². The average Bonchev–Trinajstić information content (AvgIpc) is 3.17. The van der Waals surface area contributed by atoms with Gasteiger partial charge in [0.05, 0.1) is 12.2 Å². The summed E-state index contributed by atoms with van der Waals surface area (Å²) in [7, 11) is 0. The number of aliphatic hydroxyl groups is 2. The Morgan fingerprint density at radius 2 is 2.00 bits per heavy atom. The van der Waals surface area contributed by atoms with E-state index in [0.717, 1.165) is 32.1 Å². The van der Waals surface area contributed by atoms with Crippen molar-refractivity contribution in [3.8, 4) is 0 Å². The molecule has 2 aliphatic carbocycles. The lowest BCUT2D eigenvalue weighted by atomic mass is 9.88. The van der Waals surface area contributed by atoms with Gasteiger partial charge in [-0.3, -0.25) is 0 Å². The van der Waals surface area contributed by atoms with Gasteiger partial charge in [-0.25, -0.2) is 0 Å². The van der Waals surface area contributed by atoms with Gasteiger partial charge in [0.2, 0.25) is 0 Å². The number of benzene rings is 1. The molecule has 0 saturated heterocycles. The van der Waals surface area contributed by atoms with Gasteiger partial charge in [-0.15, -0.1) is 0 Å². The second-order valence-corrected chi connectivity index (χ2v) is 8.33. The van der Waals surface area contributed by atoms with Gasteiger partial charge in [-0.1, -0.05) is 74.3 Å². The van der Waals surface area contributed by atoms with Crippen LogP contribution in [0, 0.1) is 17.8 Å². The molecule has 2 aliphatic rings. The van der Waals surface area contributed by atoms with Crippen molar-refractivity contribution in [2.24, 2.45) is 23.5 Å². The number of rotatable bonds is 9. The third-order valence-corrected chi connectivity index (χ3v) is 6.36. The molecule has 27 heavy (non-hydrogen) atoms. The molecule has 1 saturated carbocycles. The summed E-state index contributed by atoms with van der Waals surface area (Å²) < 4.78 is 0. The first kappa shape index (κ1) is 20.3. The lowest BCUT2D eigenvalue weighted by molar-refractivity contribution is 0.139. The van der Waals surface area contributed by atoms with Crippen LogP contribution in [0.4, 0.5) is 0 Å². The number of nitrogens with two attached hydrogens (primary N) is 1. The van der Waals surface area contributed by atoms with Gasteiger partial charge in [0.15, 0.2) is 0 Å². The van der Waals surface area contributed by atoms with Gasteiger partial charge in [-0.05, 0) is 48.6 Å². The Morgan fingerprint density at radius 1 is 1.22 bits per heavy atom. The zero-order valence-corrected chi connectivity index (χ0v) is 16.6. The van der Waals surface area contributed by atoms with Crippen molar-refractivity contribution in [2.45, 2.75) is 70.6 Å². The molecule has 4 N–H and O–H groups in total. The van der Waals surface area contributed by atoms with Crippen LogP contribution in [0.3, 0.4) is 0 Å². The summed E-state index contributed by atoms with van der Waals surface area (Å²) in [6.07, 6.45) is 12.8. The van der Waals surface area contributed by atoms with Crippen molar-refractivity contribution in [1.29, 1.82) is 0 Å². The highest BCUT2D eigenvalue weighted by molar-refractivity contribution is 5.33. The van der Waals surface area contributed by atoms with E-state index >= 15 is 0 Å². The summed E-state index contributed by atoms with van der Waals surface area (Å²) in [5.74, 6) is 1.10. The van der Waals surface area contributed by atoms with Crippen LogP contribution in [0.5, 0.6) is 0 Å². The van der Waals surface area contributed by atoms with Gasteiger partial charge in [0.1, 0.15) is 0 Å². The van der Waals surface area contributed by atoms with Crippen molar-refractivity contribution in [3.63, 3.8) is 0 Å². The molecule has 3 heteroatoms. The van der Waals surface area contributed by atoms with E-state index in [1.54, 1.807) is 0 Å². The van der Waals surface area contributed by atoms with Crippen molar-refractivity contribution >= 4 is 0 Å². The maximum Gasteiger partial charge on any atom is 0.0721 e. The van der Waals surface area contributed by atoms with Gasteiger partial charge in [-0.2, -0.15) is 0 Å². The minimum absolute atomic E-state index is 0.161. The first-order valence-corrected chi connectivity index (χ1v) is 10.6. The highest BCUT2D eigenvalue weighted by atomic mass is 16.3. The Balaban J connectivity index is 1.59. The van der Waals surface area contributed by atoms with Crippen LogP contribution in [0.2, 0.25) is 0 Å². The number of hydrogen-bond acceptors (Lipinski definition) is 3. The van der Waals surface area contributed by atoms with Crippen LogP contribution in [0.15, 0.2) is 48.1 Å². The summed E-state index contributed by atoms with van der Waals surface area (Å²) in [6, 6.07) is 8.42. The van der Waals surface area contributed by atoms with Crippen molar-refractivity contribution in [3.05, 3.63) is 59.2 Å². The van der Waals surface area contributed by atoms with Gasteiger partial charge >= 0.3 is 0 Å². The Kier molecular flexibility index (Phi) is 7.28. The van der Waals surface area contributed by atoms with E-state index in [-0.39, 0.29) is 18.1 Å². The van der Waals surface area contributed by atoms with Crippen LogP contribution in [0.25, 0.3) is 0 Å². The smallest absolute Gasteiger partial charge is 0.0721 e. The largest absolute Gasteiger partial charge is 0.392 e. The number of hydrogen-bond donors (Lipinski definition) is 3. The van der Waals surface area contributed by atoms with E-state index < -0.39 is 0 Å². The quantitative estimate of drug-likeness (QED) is 0.453. The highest BCUT2D eigenvalue weighted by Crippen LogP contribution is 2.48. The Labute approximate surface area is 164 Å². The lowest BCUT2D eigenvalue weighted by Gasteiger charge is -2.19. The molecule has 0 heterocycles. The molecule has 0 bridgehead atoms. The third kappa shape index (κ3) is 5.10. The third-order valence-electron chi connectivity index (χ3n) is 6.36. The fourth-order valence-electron chi connectivity index (χ4n) is 4.87. The minimum Gasteiger partial charge on any atom is -0.392 e. The zero-order chi connectivity index (χ0) is 19.2. The summed E-state index contributed by atoms with van der Waals surface area (Å²) in [6.45, 7) is 2.75. The molecule has 1 aromatic carbocycles. The van der Waals surface area contributed by atoms with E-state index in [1.807, 2.05) is 12.1 Å². The number of unbranched alkanes of at least 4 members (excludes halogenated alkanes) is 2. The summed E-state index contributed by atoms with van der Waals surface area (Å²) in [5, 5.41) is 20.7. The molecule has 0 amide bonds. The molecule has 5 atom stereocenters. The molecule has 0 spiro atoms. The average molecular weight is 370 g/mol. The molecular weight excluding hydrogens is 334 g/mol. The fraction of sp³-hybridized carbons (Fsp3) is 0.583. The van der Waals surface area contributed by atoms with Crippen LogP contribution in [-0.2, 0) is 13.0 Å². The zero-order valence-electron chi connectivity index (χ0n) is 16.6. The summed E-state index contributed by atoms with van der Waals surface area (Å²) in [5.41, 5.74) is 9.90. The molecular formula is C24H35NO2. The minimum atomic E-state index is -0.381. The SMILES string of the molecule is CCCCC[C@H](O)C=C[C@@H]1[C@H]2CC(Cc3ccccc3CN)=C[C@H]2C[C@H]1O. The molecule has 0 unspecified atom stereocenters.